The van der Waals surface area contributed by atoms with Crippen molar-refractivity contribution in [3.8, 4) is 5.75 Å². The summed E-state index contributed by atoms with van der Waals surface area (Å²) in [6.45, 7) is 4.13. The Morgan fingerprint density at radius 1 is 1.32 bits per heavy atom. The summed E-state index contributed by atoms with van der Waals surface area (Å²) in [6, 6.07) is 7.71. The number of benzene rings is 1. The van der Waals surface area contributed by atoms with Crippen molar-refractivity contribution >= 4 is 17.4 Å². The molecule has 0 saturated heterocycles. The van der Waals surface area contributed by atoms with Crippen LogP contribution in [0.3, 0.4) is 0 Å². The molecule has 0 bridgehead atoms. The van der Waals surface area contributed by atoms with Crippen LogP contribution < -0.4 is 10.1 Å². The molecule has 0 radical (unpaired) electrons. The van der Waals surface area contributed by atoms with Crippen LogP contribution in [0.4, 0.5) is 5.69 Å². The molecule has 5 nitrogen and oxygen atoms in total. The lowest BCUT2D eigenvalue weighted by molar-refractivity contribution is -0.135. The minimum Gasteiger partial charge on any atom is -0.497 e. The number of ether oxygens (including phenoxy) is 1. The number of carboxylic acids is 1. The highest BCUT2D eigenvalue weighted by Gasteiger charge is 2.26. The van der Waals surface area contributed by atoms with Gasteiger partial charge in [0.2, 0.25) is 0 Å². The smallest absolute Gasteiger partial charge is 0.325 e. The summed E-state index contributed by atoms with van der Waals surface area (Å²) in [6.07, 6.45) is 3.64. The first-order valence-corrected chi connectivity index (χ1v) is 7.25. The van der Waals surface area contributed by atoms with Crippen molar-refractivity contribution < 1.29 is 14.6 Å². The Morgan fingerprint density at radius 2 is 2.00 bits per heavy atom. The second-order valence-electron chi connectivity index (χ2n) is 6.24. The van der Waals surface area contributed by atoms with Crippen molar-refractivity contribution in [3.05, 3.63) is 36.0 Å². The number of hydrogen-bond acceptors (Lipinski definition) is 4. The Balaban J connectivity index is 2.16. The third kappa shape index (κ3) is 4.62. The van der Waals surface area contributed by atoms with Crippen LogP contribution in [0.15, 0.2) is 41.0 Å². The average Bonchev–Trinajstić information content (AvgIpc) is 2.44. The fraction of sp³-hybridized carbons (Fsp3) is 0.412. The molecule has 22 heavy (non-hydrogen) atoms. The van der Waals surface area contributed by atoms with Gasteiger partial charge in [0.05, 0.1) is 7.11 Å². The van der Waals surface area contributed by atoms with Crippen LogP contribution in [0.1, 0.15) is 26.7 Å². The zero-order valence-corrected chi connectivity index (χ0v) is 13.2. The first-order valence-electron chi connectivity index (χ1n) is 7.25. The second kappa shape index (κ2) is 6.64. The standard InChI is InChI=1S/C17H22N2O3/c1-17(2)9-13(18-11-16(20)21)8-14(10-17)19-12-4-6-15(22-3)7-5-12/h4-8,19H,9-11H2,1-3H3,(H,20,21). The Morgan fingerprint density at radius 3 is 2.59 bits per heavy atom. The molecule has 1 aromatic rings. The quantitative estimate of drug-likeness (QED) is 0.875. The van der Waals surface area contributed by atoms with Crippen LogP contribution in [0.25, 0.3) is 0 Å². The van der Waals surface area contributed by atoms with E-state index < -0.39 is 5.97 Å². The molecule has 1 aliphatic rings. The predicted molar refractivity (Wildman–Crippen MR) is 87.7 cm³/mol. The highest BCUT2D eigenvalue weighted by Crippen LogP contribution is 2.34. The van der Waals surface area contributed by atoms with E-state index in [4.69, 9.17) is 9.84 Å². The number of rotatable bonds is 5. The van der Waals surface area contributed by atoms with E-state index in [1.807, 2.05) is 30.3 Å². The summed E-state index contributed by atoms with van der Waals surface area (Å²) in [5.74, 6) is -0.0962. The zero-order valence-electron chi connectivity index (χ0n) is 13.2. The molecule has 0 atom stereocenters. The topological polar surface area (TPSA) is 70.9 Å². The molecule has 0 spiro atoms. The molecule has 0 unspecified atom stereocenters. The number of aliphatic carboxylic acids is 1. The molecule has 0 aromatic heterocycles. The van der Waals surface area contributed by atoms with Gasteiger partial charge in [-0.25, -0.2) is 0 Å². The van der Waals surface area contributed by atoms with Crippen molar-refractivity contribution in [2.45, 2.75) is 26.7 Å². The number of aliphatic imine (C=N–C) groups is 1. The fourth-order valence-corrected chi connectivity index (χ4v) is 2.58. The Bertz CT molecular complexity index is 601. The van der Waals surface area contributed by atoms with Gasteiger partial charge in [-0.1, -0.05) is 13.8 Å². The summed E-state index contributed by atoms with van der Waals surface area (Å²) < 4.78 is 5.15. The molecule has 2 N–H and O–H groups in total. The van der Waals surface area contributed by atoms with Gasteiger partial charge >= 0.3 is 5.97 Å². The van der Waals surface area contributed by atoms with Crippen molar-refractivity contribution in [2.24, 2.45) is 10.4 Å². The highest BCUT2D eigenvalue weighted by molar-refractivity contribution is 5.98. The molecule has 0 amide bonds. The van der Waals surface area contributed by atoms with Gasteiger partial charge in [0.15, 0.2) is 0 Å². The van der Waals surface area contributed by atoms with E-state index >= 15 is 0 Å². The molecule has 2 rings (SSSR count). The number of anilines is 1. The molecule has 118 valence electrons. The summed E-state index contributed by atoms with van der Waals surface area (Å²) in [5, 5.41) is 12.2. The lowest BCUT2D eigenvalue weighted by Crippen LogP contribution is -2.25. The minimum atomic E-state index is -0.908. The summed E-state index contributed by atoms with van der Waals surface area (Å²) in [5.41, 5.74) is 2.91. The normalized spacial score (nSPS) is 18.7. The maximum atomic E-state index is 10.7. The van der Waals surface area contributed by atoms with Gasteiger partial charge in [-0.2, -0.15) is 0 Å². The number of carboxylic acid groups (broad SMARTS) is 1. The van der Waals surface area contributed by atoms with Gasteiger partial charge in [-0.05, 0) is 48.6 Å². The van der Waals surface area contributed by atoms with Crippen LogP contribution in [0.2, 0.25) is 0 Å². The van der Waals surface area contributed by atoms with E-state index in [1.54, 1.807) is 7.11 Å². The summed E-state index contributed by atoms with van der Waals surface area (Å²) >= 11 is 0. The van der Waals surface area contributed by atoms with Gasteiger partial charge < -0.3 is 15.2 Å². The van der Waals surface area contributed by atoms with Crippen molar-refractivity contribution in [1.82, 2.24) is 0 Å². The number of nitrogens with zero attached hydrogens (tertiary/aromatic N) is 1. The van der Waals surface area contributed by atoms with E-state index in [1.165, 1.54) is 0 Å². The highest BCUT2D eigenvalue weighted by atomic mass is 16.5. The number of hydrogen-bond donors (Lipinski definition) is 2. The molecule has 1 aromatic carbocycles. The third-order valence-corrected chi connectivity index (χ3v) is 3.48. The van der Waals surface area contributed by atoms with Crippen molar-refractivity contribution in [3.63, 3.8) is 0 Å². The first-order chi connectivity index (χ1) is 10.4. The first kappa shape index (κ1) is 16.1. The van der Waals surface area contributed by atoms with Crippen LogP contribution in [-0.4, -0.2) is 30.4 Å². The Hall–Kier alpha value is -2.30. The van der Waals surface area contributed by atoms with E-state index in [-0.39, 0.29) is 12.0 Å². The van der Waals surface area contributed by atoms with Gasteiger partial charge in [0.1, 0.15) is 12.3 Å². The Labute approximate surface area is 130 Å². The zero-order chi connectivity index (χ0) is 16.2. The predicted octanol–water partition coefficient (Wildman–Crippen LogP) is 3.34. The minimum absolute atomic E-state index is 0.0564. The molecule has 5 heteroatoms. The lowest BCUT2D eigenvalue weighted by Gasteiger charge is -2.31. The lowest BCUT2D eigenvalue weighted by atomic mass is 9.78. The summed E-state index contributed by atoms with van der Waals surface area (Å²) in [7, 11) is 1.64. The maximum Gasteiger partial charge on any atom is 0.325 e. The SMILES string of the molecule is COc1ccc(NC2=CC(=NCC(=O)O)CC(C)(C)C2)cc1. The van der Waals surface area contributed by atoms with Gasteiger partial charge in [0.25, 0.3) is 0 Å². The van der Waals surface area contributed by atoms with Crippen LogP contribution in [0.5, 0.6) is 5.75 Å². The Kier molecular flexibility index (Phi) is 4.85. The number of carbonyl (C=O) groups is 1. The third-order valence-electron chi connectivity index (χ3n) is 3.48. The van der Waals surface area contributed by atoms with E-state index in [2.05, 4.69) is 24.2 Å². The number of methoxy groups -OCH3 is 1. The molecule has 0 heterocycles. The molecular weight excluding hydrogens is 280 g/mol. The van der Waals surface area contributed by atoms with Gasteiger partial charge in [0, 0.05) is 17.1 Å². The van der Waals surface area contributed by atoms with Gasteiger partial charge in [-0.15, -0.1) is 0 Å². The molecule has 0 saturated carbocycles. The van der Waals surface area contributed by atoms with Crippen LogP contribution >= 0.6 is 0 Å². The maximum absolute atomic E-state index is 10.7. The number of nitrogens with one attached hydrogen (secondary N) is 1. The number of allylic oxidation sites excluding steroid dienone is 2. The molecule has 1 aliphatic carbocycles. The summed E-state index contributed by atoms with van der Waals surface area (Å²) in [4.78, 5) is 14.9. The molecule has 0 fully saturated rings. The van der Waals surface area contributed by atoms with E-state index in [9.17, 15) is 4.79 Å². The van der Waals surface area contributed by atoms with E-state index in [0.717, 1.165) is 35.7 Å². The van der Waals surface area contributed by atoms with E-state index in [0.29, 0.717) is 0 Å². The average molecular weight is 302 g/mol. The largest absolute Gasteiger partial charge is 0.497 e. The van der Waals surface area contributed by atoms with Crippen LogP contribution in [-0.2, 0) is 4.79 Å². The van der Waals surface area contributed by atoms with Crippen molar-refractivity contribution in [2.75, 3.05) is 19.0 Å². The van der Waals surface area contributed by atoms with Crippen LogP contribution in [0, 0.1) is 5.41 Å². The van der Waals surface area contributed by atoms with Crippen molar-refractivity contribution in [1.29, 1.82) is 0 Å². The molecule has 0 aliphatic heterocycles. The monoisotopic (exact) mass is 302 g/mol. The second-order valence-corrected chi connectivity index (χ2v) is 6.24. The fourth-order valence-electron chi connectivity index (χ4n) is 2.58. The molecular formula is C17H22N2O3. The van der Waals surface area contributed by atoms with Gasteiger partial charge in [-0.3, -0.25) is 9.79 Å².